The molecule has 0 fully saturated rings. The quantitative estimate of drug-likeness (QED) is 0.189. The van der Waals surface area contributed by atoms with E-state index in [1.165, 1.54) is 0 Å². The highest BCUT2D eigenvalue weighted by Gasteiger charge is 2.41. The number of nitrogens with two attached hydrogens (primary N) is 2. The first-order chi connectivity index (χ1) is 19.6. The zero-order valence-electron chi connectivity index (χ0n) is 23.8. The van der Waals surface area contributed by atoms with Crippen molar-refractivity contribution in [1.29, 1.82) is 0 Å². The van der Waals surface area contributed by atoms with Crippen molar-refractivity contribution in [1.82, 2.24) is 4.90 Å². The highest BCUT2D eigenvalue weighted by atomic mass is 16.6. The van der Waals surface area contributed by atoms with Crippen molar-refractivity contribution in [2.75, 3.05) is 18.1 Å². The van der Waals surface area contributed by atoms with Crippen LogP contribution in [0.5, 0.6) is 0 Å². The third-order valence-corrected chi connectivity index (χ3v) is 7.20. The number of para-hydroxylation sites is 1. The summed E-state index contributed by atoms with van der Waals surface area (Å²) in [7, 11) is 0. The Morgan fingerprint density at radius 1 is 1.00 bits per heavy atom. The summed E-state index contributed by atoms with van der Waals surface area (Å²) >= 11 is 0. The van der Waals surface area contributed by atoms with E-state index in [4.69, 9.17) is 16.2 Å². The maximum absolute atomic E-state index is 13.3. The second-order valence-electron chi connectivity index (χ2n) is 10.3. The van der Waals surface area contributed by atoms with Gasteiger partial charge in [-0.25, -0.2) is 19.3 Å². The number of amides is 3. The Kier molecular flexibility index (Phi) is 14.2. The number of anilines is 1. The summed E-state index contributed by atoms with van der Waals surface area (Å²) in [6.07, 6.45) is 5.03. The van der Waals surface area contributed by atoms with Crippen molar-refractivity contribution in [3.05, 3.63) is 29.8 Å². The Bertz CT molecular complexity index is 1050. The minimum absolute atomic E-state index is 0.00722. The van der Waals surface area contributed by atoms with Crippen molar-refractivity contribution < 1.29 is 38.9 Å². The summed E-state index contributed by atoms with van der Waals surface area (Å²) in [6.45, 7) is 2.50. The maximum Gasteiger partial charge on any atom is 0.417 e. The molecule has 228 valence electrons. The number of unbranched alkanes of at least 4 members (excludes halogenated alkanes) is 6. The second kappa shape index (κ2) is 17.3. The van der Waals surface area contributed by atoms with E-state index in [-0.39, 0.29) is 19.4 Å². The summed E-state index contributed by atoms with van der Waals surface area (Å²) in [5.74, 6) is -4.24. The number of benzene rings is 1. The minimum atomic E-state index is -1.73. The third kappa shape index (κ3) is 9.82. The number of hydrogen-bond donors (Lipinski definition) is 4. The molecule has 1 aromatic rings. The van der Waals surface area contributed by atoms with E-state index in [0.717, 1.165) is 37.0 Å². The molecule has 3 atom stereocenters. The standard InChI is InChI=1S/C29H44N4O8/c1-2-3-4-5-6-11-18-41-29(40)33(26(35)21(31)13-9-10-17-30)23(27(36)37)15-16-25(34)32-22-14-8-7-12-20(22)19-24(32)28(38)39/h7-8,12,14,21,23-24H,2-6,9-11,13,15-19,30-31H2,1H3,(H,36,37)(H,38,39)/t21-,23+,24-/m0/s1. The first-order valence-corrected chi connectivity index (χ1v) is 14.4. The van der Waals surface area contributed by atoms with Gasteiger partial charge in [-0.1, -0.05) is 63.6 Å². The molecule has 41 heavy (non-hydrogen) atoms. The van der Waals surface area contributed by atoms with Crippen molar-refractivity contribution in [2.45, 2.75) is 102 Å². The molecule has 1 aliphatic rings. The number of rotatable bonds is 18. The van der Waals surface area contributed by atoms with Gasteiger partial charge in [-0.2, -0.15) is 0 Å². The number of nitrogens with zero attached hydrogens (tertiary/aromatic N) is 2. The van der Waals surface area contributed by atoms with Gasteiger partial charge >= 0.3 is 18.0 Å². The summed E-state index contributed by atoms with van der Waals surface area (Å²) in [5, 5.41) is 19.7. The lowest BCUT2D eigenvalue weighted by Gasteiger charge is -2.29. The van der Waals surface area contributed by atoms with Crippen LogP contribution in [-0.2, 0) is 30.3 Å². The first-order valence-electron chi connectivity index (χ1n) is 14.4. The van der Waals surface area contributed by atoms with Crippen LogP contribution in [0.2, 0.25) is 0 Å². The molecule has 0 radical (unpaired) electrons. The van der Waals surface area contributed by atoms with Crippen molar-refractivity contribution in [2.24, 2.45) is 11.5 Å². The van der Waals surface area contributed by atoms with Gasteiger partial charge in [0, 0.05) is 18.5 Å². The number of ether oxygens (including phenoxy) is 1. The lowest BCUT2D eigenvalue weighted by atomic mass is 10.0. The molecule has 0 bridgehead atoms. The molecular weight excluding hydrogens is 532 g/mol. The SMILES string of the molecule is CCCCCCCCOC(=O)N(C(=O)[C@@H](N)CCCCN)[C@H](CCC(=O)N1c2ccccc2C[C@H]1C(=O)O)C(=O)O. The van der Waals surface area contributed by atoms with E-state index in [9.17, 15) is 34.2 Å². The molecule has 1 heterocycles. The van der Waals surface area contributed by atoms with E-state index in [1.54, 1.807) is 24.3 Å². The number of aliphatic carboxylic acids is 2. The maximum atomic E-state index is 13.3. The molecule has 1 aliphatic heterocycles. The highest BCUT2D eigenvalue weighted by Crippen LogP contribution is 2.33. The molecule has 3 amide bonds. The Morgan fingerprint density at radius 2 is 1.68 bits per heavy atom. The Morgan fingerprint density at radius 3 is 2.34 bits per heavy atom. The molecule has 0 aliphatic carbocycles. The van der Waals surface area contributed by atoms with Gasteiger partial charge in [0.2, 0.25) is 11.8 Å². The van der Waals surface area contributed by atoms with Crippen molar-refractivity contribution in [3.63, 3.8) is 0 Å². The minimum Gasteiger partial charge on any atom is -0.480 e. The summed E-state index contributed by atoms with van der Waals surface area (Å²) in [6, 6.07) is 2.73. The second-order valence-corrected chi connectivity index (χ2v) is 10.3. The fourth-order valence-corrected chi connectivity index (χ4v) is 4.93. The molecule has 0 aromatic heterocycles. The zero-order chi connectivity index (χ0) is 30.4. The average Bonchev–Trinajstić information content (AvgIpc) is 3.34. The van der Waals surface area contributed by atoms with Crippen LogP contribution in [0.25, 0.3) is 0 Å². The molecule has 0 saturated carbocycles. The molecular formula is C29H44N4O8. The molecule has 12 nitrogen and oxygen atoms in total. The van der Waals surface area contributed by atoms with Gasteiger partial charge in [-0.05, 0) is 43.9 Å². The number of hydrogen-bond acceptors (Lipinski definition) is 8. The highest BCUT2D eigenvalue weighted by molar-refractivity contribution is 6.02. The molecule has 0 unspecified atom stereocenters. The number of fused-ring (bicyclic) bond motifs is 1. The number of carbonyl (C=O) groups is 5. The summed E-state index contributed by atoms with van der Waals surface area (Å²) in [5.41, 5.74) is 12.7. The summed E-state index contributed by atoms with van der Waals surface area (Å²) in [4.78, 5) is 65.5. The summed E-state index contributed by atoms with van der Waals surface area (Å²) < 4.78 is 5.29. The lowest BCUT2D eigenvalue weighted by molar-refractivity contribution is -0.150. The Labute approximate surface area is 241 Å². The normalized spacial score (nSPS) is 15.6. The fraction of sp³-hybridized carbons (Fsp3) is 0.621. The molecule has 6 N–H and O–H groups in total. The van der Waals surface area contributed by atoms with Crippen molar-refractivity contribution >= 4 is 35.5 Å². The van der Waals surface area contributed by atoms with E-state index < -0.39 is 60.8 Å². The molecule has 0 spiro atoms. The largest absolute Gasteiger partial charge is 0.480 e. The van der Waals surface area contributed by atoms with Crippen molar-refractivity contribution in [3.8, 4) is 0 Å². The van der Waals surface area contributed by atoms with E-state index in [0.29, 0.717) is 42.0 Å². The van der Waals surface area contributed by atoms with Gasteiger partial charge in [0.05, 0.1) is 12.6 Å². The molecule has 12 heteroatoms. The number of carbonyl (C=O) groups excluding carboxylic acids is 3. The van der Waals surface area contributed by atoms with E-state index in [2.05, 4.69) is 6.92 Å². The van der Waals surface area contributed by atoms with Gasteiger partial charge in [0.1, 0.15) is 12.1 Å². The van der Waals surface area contributed by atoms with Crippen LogP contribution < -0.4 is 16.4 Å². The van der Waals surface area contributed by atoms with Gasteiger partial charge in [0.15, 0.2) is 0 Å². The molecule has 0 saturated heterocycles. The predicted octanol–water partition coefficient (Wildman–Crippen LogP) is 3.04. The van der Waals surface area contributed by atoms with Gasteiger partial charge in [-0.3, -0.25) is 14.5 Å². The average molecular weight is 577 g/mol. The van der Waals surface area contributed by atoms with Crippen LogP contribution >= 0.6 is 0 Å². The predicted molar refractivity (Wildman–Crippen MR) is 152 cm³/mol. The van der Waals surface area contributed by atoms with Crippen LogP contribution in [-0.4, -0.2) is 76.2 Å². The van der Waals surface area contributed by atoms with E-state index >= 15 is 0 Å². The third-order valence-electron chi connectivity index (χ3n) is 7.20. The number of carboxylic acid groups (broad SMARTS) is 2. The monoisotopic (exact) mass is 576 g/mol. The van der Waals surface area contributed by atoms with Crippen LogP contribution in [0.4, 0.5) is 10.5 Å². The smallest absolute Gasteiger partial charge is 0.417 e. The zero-order valence-corrected chi connectivity index (χ0v) is 23.8. The van der Waals surface area contributed by atoms with Crippen LogP contribution in [0.15, 0.2) is 24.3 Å². The Hall–Kier alpha value is -3.51. The first kappa shape index (κ1) is 33.7. The topological polar surface area (TPSA) is 194 Å². The molecule has 2 rings (SSSR count). The van der Waals surface area contributed by atoms with Crippen LogP contribution in [0, 0.1) is 0 Å². The Balaban J connectivity index is 2.18. The fourth-order valence-electron chi connectivity index (χ4n) is 4.93. The van der Waals surface area contributed by atoms with Crippen LogP contribution in [0.1, 0.15) is 83.1 Å². The number of carboxylic acids is 2. The van der Waals surface area contributed by atoms with Gasteiger partial charge in [0.25, 0.3) is 0 Å². The van der Waals surface area contributed by atoms with Gasteiger partial charge < -0.3 is 26.4 Å². The lowest BCUT2D eigenvalue weighted by Crippen LogP contribution is -2.55. The van der Waals surface area contributed by atoms with E-state index in [1.807, 2.05) is 0 Å². The number of imide groups is 1. The van der Waals surface area contributed by atoms with Gasteiger partial charge in [-0.15, -0.1) is 0 Å². The molecule has 1 aromatic carbocycles. The van der Waals surface area contributed by atoms with Crippen LogP contribution in [0.3, 0.4) is 0 Å².